The van der Waals surface area contributed by atoms with Gasteiger partial charge in [0.15, 0.2) is 0 Å². The molecule has 14 rings (SSSR count). The zero-order valence-corrected chi connectivity index (χ0v) is 54.7. The molecule has 9 aromatic carbocycles. The summed E-state index contributed by atoms with van der Waals surface area (Å²) in [6.07, 6.45) is 4.59. The Morgan fingerprint density at radius 2 is 0.930 bits per heavy atom. The van der Waals surface area contributed by atoms with Crippen LogP contribution in [0.4, 0.5) is 45.5 Å². The van der Waals surface area contributed by atoms with Crippen molar-refractivity contribution in [3.63, 3.8) is 0 Å². The van der Waals surface area contributed by atoms with Crippen molar-refractivity contribution in [1.82, 2.24) is 0 Å². The molecule has 0 amide bonds. The number of fused-ring (bicyclic) bond motifs is 12. The highest BCUT2D eigenvalue weighted by atomic mass is 16.3. The molecule has 0 fully saturated rings. The molecule has 0 spiro atoms. The first kappa shape index (κ1) is 56.3. The number of anilines is 8. The van der Waals surface area contributed by atoms with Crippen molar-refractivity contribution in [3.05, 3.63) is 202 Å². The van der Waals surface area contributed by atoms with Crippen LogP contribution in [-0.4, -0.2) is 6.85 Å². The number of hydrogen-bond acceptors (Lipinski definition) is 4. The lowest BCUT2D eigenvalue weighted by Crippen LogP contribution is -2.61. The van der Waals surface area contributed by atoms with Crippen molar-refractivity contribution in [3.8, 4) is 11.1 Å². The molecule has 0 unspecified atom stereocenters. The van der Waals surface area contributed by atoms with Gasteiger partial charge in [0.05, 0.1) is 0 Å². The molecule has 0 bridgehead atoms. The Hall–Kier alpha value is -7.50. The minimum absolute atomic E-state index is 0.00440. The second kappa shape index (κ2) is 18.8. The van der Waals surface area contributed by atoms with Gasteiger partial charge in [0.25, 0.3) is 0 Å². The molecule has 2 aliphatic carbocycles. The summed E-state index contributed by atoms with van der Waals surface area (Å²) in [6, 6.07) is 62.2. The largest absolute Gasteiger partial charge is 0.456 e. The van der Waals surface area contributed by atoms with E-state index in [-0.39, 0.29) is 44.8 Å². The van der Waals surface area contributed by atoms with Crippen LogP contribution in [0.25, 0.3) is 43.8 Å². The average molecular weight is 1130 g/mol. The van der Waals surface area contributed by atoms with Crippen molar-refractivity contribution in [2.45, 2.75) is 188 Å². The third-order valence-electron chi connectivity index (χ3n) is 21.2. The van der Waals surface area contributed by atoms with E-state index >= 15 is 0 Å². The van der Waals surface area contributed by atoms with Gasteiger partial charge < -0.3 is 19.0 Å². The quantitative estimate of drug-likeness (QED) is 0.160. The standard InChI is InChI=1S/C81H88BN3O/c1-49-43-62-64(80(15,16)41-39-78(62,11)12)47-67(49)84-66-38-37-59-61-46-63-65(81(17,18)42-40-79(63,13)14)48-70(61)86-74(59)73(66)82-72-69(84)44-50-21-19-20-22-58(50)71(72)60-36-35-57(45-68(60)85(82)56-33-27-53(28-34-56)77(8,9)10)83(54-29-23-51(24-30-54)75(2,3)4)55-31-25-52(26-32-55)76(5,6)7/h19-38,43-48H,39-42H2,1-18H3. The predicted molar refractivity (Wildman–Crippen MR) is 371 cm³/mol. The van der Waals surface area contributed by atoms with Gasteiger partial charge in [0.1, 0.15) is 11.2 Å². The molecule has 0 radical (unpaired) electrons. The molecule has 5 heteroatoms. The van der Waals surface area contributed by atoms with Crippen molar-refractivity contribution >= 4 is 96.0 Å². The Bertz CT molecular complexity index is 4360. The van der Waals surface area contributed by atoms with Gasteiger partial charge in [-0.1, -0.05) is 190 Å². The lowest BCUT2D eigenvalue weighted by molar-refractivity contribution is 0.332. The number of hydrogen-bond donors (Lipinski definition) is 0. The van der Waals surface area contributed by atoms with Crippen LogP contribution >= 0.6 is 0 Å². The smallest absolute Gasteiger partial charge is 0.336 e. The Morgan fingerprint density at radius 3 is 1.49 bits per heavy atom. The summed E-state index contributed by atoms with van der Waals surface area (Å²) in [7, 11) is 0. The second-order valence-electron chi connectivity index (χ2n) is 32.0. The van der Waals surface area contributed by atoms with Crippen molar-refractivity contribution in [2.75, 3.05) is 14.6 Å². The summed E-state index contributed by atoms with van der Waals surface area (Å²) in [6.45, 7) is 42.4. The van der Waals surface area contributed by atoms with Gasteiger partial charge in [-0.25, -0.2) is 0 Å². The van der Waals surface area contributed by atoms with Gasteiger partial charge in [-0.3, -0.25) is 0 Å². The molecule has 0 saturated heterocycles. The van der Waals surface area contributed by atoms with Crippen LogP contribution in [0.15, 0.2) is 162 Å². The number of aryl methyl sites for hydroxylation is 1. The van der Waals surface area contributed by atoms with Crippen molar-refractivity contribution in [1.29, 1.82) is 0 Å². The third kappa shape index (κ3) is 8.73. The van der Waals surface area contributed by atoms with E-state index in [1.54, 1.807) is 0 Å². The van der Waals surface area contributed by atoms with E-state index in [9.17, 15) is 0 Å². The van der Waals surface area contributed by atoms with Crippen LogP contribution in [0, 0.1) is 6.92 Å². The topological polar surface area (TPSA) is 22.9 Å². The van der Waals surface area contributed by atoms with Gasteiger partial charge in [0.2, 0.25) is 0 Å². The van der Waals surface area contributed by atoms with Crippen LogP contribution in [0.5, 0.6) is 0 Å². The third-order valence-corrected chi connectivity index (χ3v) is 21.2. The lowest BCUT2D eigenvalue weighted by atomic mass is 9.43. The molecule has 86 heavy (non-hydrogen) atoms. The molecule has 4 aliphatic rings. The fraction of sp³-hybridized carbons (Fsp3) is 0.358. The zero-order chi connectivity index (χ0) is 60.7. The van der Waals surface area contributed by atoms with E-state index in [4.69, 9.17) is 4.42 Å². The van der Waals surface area contributed by atoms with Crippen molar-refractivity contribution in [2.24, 2.45) is 0 Å². The molecule has 3 heterocycles. The van der Waals surface area contributed by atoms with Gasteiger partial charge in [0, 0.05) is 67.3 Å². The van der Waals surface area contributed by atoms with E-state index in [0.717, 1.165) is 64.6 Å². The highest BCUT2D eigenvalue weighted by Gasteiger charge is 2.49. The molecule has 436 valence electrons. The summed E-state index contributed by atoms with van der Waals surface area (Å²) >= 11 is 0. The maximum Gasteiger partial charge on any atom is 0.336 e. The first-order valence-corrected chi connectivity index (χ1v) is 32.0. The summed E-state index contributed by atoms with van der Waals surface area (Å²) in [5.74, 6) is 0. The molecule has 10 aromatic rings. The molecular weight excluding hydrogens is 1040 g/mol. The van der Waals surface area contributed by atoms with Crippen LogP contribution in [0.2, 0.25) is 0 Å². The summed E-state index contributed by atoms with van der Waals surface area (Å²) < 4.78 is 7.76. The summed E-state index contributed by atoms with van der Waals surface area (Å²) in [5, 5.41) is 4.84. The van der Waals surface area contributed by atoms with Crippen LogP contribution in [-0.2, 0) is 37.9 Å². The molecule has 2 aliphatic heterocycles. The van der Waals surface area contributed by atoms with Gasteiger partial charge in [-0.15, -0.1) is 0 Å². The maximum atomic E-state index is 7.76. The fourth-order valence-corrected chi connectivity index (χ4v) is 15.5. The highest BCUT2D eigenvalue weighted by molar-refractivity contribution is 6.95. The molecule has 1 aromatic heterocycles. The van der Waals surface area contributed by atoms with E-state index in [1.165, 1.54) is 106 Å². The summed E-state index contributed by atoms with van der Waals surface area (Å²) in [4.78, 5) is 7.85. The first-order chi connectivity index (χ1) is 40.4. The van der Waals surface area contributed by atoms with E-state index in [1.807, 2.05) is 0 Å². The highest BCUT2D eigenvalue weighted by Crippen LogP contribution is 2.56. The second-order valence-corrected chi connectivity index (χ2v) is 32.0. The number of nitrogens with zero attached hydrogens (tertiary/aromatic N) is 3. The monoisotopic (exact) mass is 1130 g/mol. The molecular formula is C81H88BN3O. The minimum Gasteiger partial charge on any atom is -0.456 e. The molecule has 4 nitrogen and oxygen atoms in total. The minimum atomic E-state index is -0.301. The average Bonchev–Trinajstić information content (AvgIpc) is 0.980. The fourth-order valence-electron chi connectivity index (χ4n) is 15.5. The molecule has 0 saturated carbocycles. The van der Waals surface area contributed by atoms with E-state index < -0.39 is 0 Å². The first-order valence-electron chi connectivity index (χ1n) is 32.0. The van der Waals surface area contributed by atoms with E-state index in [0.29, 0.717) is 0 Å². The SMILES string of the molecule is Cc1cc2c(cc1N1c3cc4ccccc4c4c3B(c3c1ccc1c3oc3cc5c(cc31)C(C)(C)CCC5(C)C)N(c1ccc(C(C)(C)C)cc1)c1cc(N(c3ccc(C(C)(C)C)cc3)c3ccc(C(C)(C)C)cc3)ccc1-4)C(C)(C)CCC2(C)C. The maximum absolute atomic E-state index is 7.76. The lowest BCUT2D eigenvalue weighted by Gasteiger charge is -2.47. The van der Waals surface area contributed by atoms with Gasteiger partial charge >= 0.3 is 6.85 Å². The molecule has 0 N–H and O–H groups in total. The van der Waals surface area contributed by atoms with Crippen LogP contribution < -0.4 is 25.5 Å². The van der Waals surface area contributed by atoms with Gasteiger partial charge in [-0.2, -0.15) is 0 Å². The van der Waals surface area contributed by atoms with Crippen molar-refractivity contribution < 1.29 is 4.42 Å². The van der Waals surface area contributed by atoms with Crippen LogP contribution in [0.3, 0.4) is 0 Å². The number of benzene rings is 9. The van der Waals surface area contributed by atoms with E-state index in [2.05, 4.69) is 297 Å². The Balaban J connectivity index is 1.12. The molecule has 0 atom stereocenters. The summed E-state index contributed by atoms with van der Waals surface area (Å²) in [5.41, 5.74) is 27.3. The number of furan rings is 1. The van der Waals surface area contributed by atoms with Gasteiger partial charge in [-0.05, 0) is 222 Å². The van der Waals surface area contributed by atoms with Crippen LogP contribution in [0.1, 0.15) is 188 Å². The Kier molecular flexibility index (Phi) is 12.3. The normalized spacial score (nSPS) is 17.3. The predicted octanol–water partition coefficient (Wildman–Crippen LogP) is 21.8. The Labute approximate surface area is 513 Å². The Morgan fingerprint density at radius 1 is 0.430 bits per heavy atom. The number of rotatable bonds is 5. The zero-order valence-electron chi connectivity index (χ0n) is 54.7.